The molecule has 0 saturated carbocycles. The third-order valence-corrected chi connectivity index (χ3v) is 5.32. The number of anilines is 1. The molecule has 0 saturated heterocycles. The monoisotopic (exact) mass is 437 g/mol. The van der Waals surface area contributed by atoms with Gasteiger partial charge in [-0.2, -0.15) is 0 Å². The minimum atomic E-state index is -4.23. The van der Waals surface area contributed by atoms with Crippen LogP contribution in [0, 0.1) is 0 Å². The number of sulfonamides is 1. The van der Waals surface area contributed by atoms with Gasteiger partial charge in [0.25, 0.3) is 10.0 Å². The molecule has 9 nitrogen and oxygen atoms in total. The van der Waals surface area contributed by atoms with Crippen LogP contribution < -0.4 is 14.2 Å². The zero-order valence-corrected chi connectivity index (χ0v) is 17.9. The van der Waals surface area contributed by atoms with Crippen LogP contribution in [0.3, 0.4) is 0 Å². The molecule has 2 aromatic rings. The lowest BCUT2D eigenvalue weighted by Gasteiger charge is -2.15. The average molecular weight is 437 g/mol. The molecule has 0 heterocycles. The Kier molecular flexibility index (Phi) is 7.65. The molecule has 0 aliphatic heterocycles. The first-order chi connectivity index (χ1) is 14.3. The zero-order chi connectivity index (χ0) is 22.3. The molecule has 30 heavy (non-hydrogen) atoms. The first-order valence-corrected chi connectivity index (χ1v) is 10.5. The molecular weight excluding hydrogens is 414 g/mol. The topological polar surface area (TPSA) is 117 Å². The summed E-state index contributed by atoms with van der Waals surface area (Å²) in [6.07, 6.45) is 0. The first kappa shape index (κ1) is 23.0. The van der Waals surface area contributed by atoms with Gasteiger partial charge in [-0.15, -0.1) is 0 Å². The van der Waals surface area contributed by atoms with Gasteiger partial charge in [-0.3, -0.25) is 4.72 Å². The summed E-state index contributed by atoms with van der Waals surface area (Å²) < 4.78 is 48.6. The van der Waals surface area contributed by atoms with E-state index < -0.39 is 22.0 Å². The molecule has 0 fully saturated rings. The van der Waals surface area contributed by atoms with Crippen molar-refractivity contribution in [3.05, 3.63) is 47.5 Å². The zero-order valence-electron chi connectivity index (χ0n) is 17.1. The largest absolute Gasteiger partial charge is 0.497 e. The molecule has 1 N–H and O–H groups in total. The third-order valence-electron chi connectivity index (χ3n) is 3.93. The van der Waals surface area contributed by atoms with E-state index in [-0.39, 0.29) is 40.7 Å². The fourth-order valence-corrected chi connectivity index (χ4v) is 3.81. The SMILES string of the molecule is CCOC(=O)c1ccc(C(=O)OCC)c(NS(=O)(=O)c2cc(OC)ccc2OC)c1. The molecule has 0 aliphatic rings. The lowest BCUT2D eigenvalue weighted by atomic mass is 10.1. The predicted molar refractivity (Wildman–Crippen MR) is 109 cm³/mol. The Balaban J connectivity index is 2.57. The number of ether oxygens (including phenoxy) is 4. The van der Waals surface area contributed by atoms with Crippen LogP contribution in [0.1, 0.15) is 34.6 Å². The second kappa shape index (κ2) is 9.97. The highest BCUT2D eigenvalue weighted by molar-refractivity contribution is 7.92. The Morgan fingerprint density at radius 1 is 0.900 bits per heavy atom. The Bertz CT molecular complexity index is 1030. The van der Waals surface area contributed by atoms with Crippen LogP contribution in [0.15, 0.2) is 41.3 Å². The second-order valence-electron chi connectivity index (χ2n) is 5.82. The van der Waals surface area contributed by atoms with Crippen LogP contribution in [-0.2, 0) is 19.5 Å². The molecule has 10 heteroatoms. The number of hydrogen-bond donors (Lipinski definition) is 1. The summed E-state index contributed by atoms with van der Waals surface area (Å²) in [6, 6.07) is 8.13. The Morgan fingerprint density at radius 3 is 2.17 bits per heavy atom. The summed E-state index contributed by atoms with van der Waals surface area (Å²) in [6.45, 7) is 3.49. The number of benzene rings is 2. The second-order valence-corrected chi connectivity index (χ2v) is 7.47. The Morgan fingerprint density at radius 2 is 1.57 bits per heavy atom. The van der Waals surface area contributed by atoms with E-state index in [4.69, 9.17) is 18.9 Å². The van der Waals surface area contributed by atoms with Crippen LogP contribution in [0.2, 0.25) is 0 Å². The number of rotatable bonds is 9. The summed E-state index contributed by atoms with van der Waals surface area (Å²) in [5, 5.41) is 0. The lowest BCUT2D eigenvalue weighted by molar-refractivity contribution is 0.0512. The van der Waals surface area contributed by atoms with Gasteiger partial charge in [-0.05, 0) is 44.2 Å². The van der Waals surface area contributed by atoms with Gasteiger partial charge in [0.15, 0.2) is 0 Å². The number of methoxy groups -OCH3 is 2. The van der Waals surface area contributed by atoms with Crippen molar-refractivity contribution in [2.75, 3.05) is 32.2 Å². The van der Waals surface area contributed by atoms with E-state index in [1.54, 1.807) is 19.9 Å². The molecule has 0 spiro atoms. The molecule has 2 rings (SSSR count). The third kappa shape index (κ3) is 5.20. The highest BCUT2D eigenvalue weighted by Gasteiger charge is 2.25. The van der Waals surface area contributed by atoms with Crippen molar-refractivity contribution < 1.29 is 37.0 Å². The van der Waals surface area contributed by atoms with Gasteiger partial charge in [0.05, 0.1) is 44.2 Å². The van der Waals surface area contributed by atoms with E-state index in [2.05, 4.69) is 4.72 Å². The molecule has 0 unspecified atom stereocenters. The molecule has 0 aromatic heterocycles. The standard InChI is InChI=1S/C20H23NO8S/c1-5-28-19(22)13-7-9-15(20(23)29-6-2)16(11-13)21-30(24,25)18-12-14(26-3)8-10-17(18)27-4/h7-12,21H,5-6H2,1-4H3. The van der Waals surface area contributed by atoms with Gasteiger partial charge < -0.3 is 18.9 Å². The number of esters is 2. The van der Waals surface area contributed by atoms with Gasteiger partial charge in [0.1, 0.15) is 16.4 Å². The van der Waals surface area contributed by atoms with E-state index in [1.807, 2.05) is 0 Å². The van der Waals surface area contributed by atoms with Crippen molar-refractivity contribution in [2.24, 2.45) is 0 Å². The van der Waals surface area contributed by atoms with Crippen molar-refractivity contribution in [3.8, 4) is 11.5 Å². The Hall–Kier alpha value is -3.27. The van der Waals surface area contributed by atoms with Crippen LogP contribution in [0.4, 0.5) is 5.69 Å². The predicted octanol–water partition coefficient (Wildman–Crippen LogP) is 2.86. The van der Waals surface area contributed by atoms with Gasteiger partial charge in [0, 0.05) is 6.07 Å². The molecular formula is C20H23NO8S. The number of carbonyl (C=O) groups excluding carboxylic acids is 2. The quantitative estimate of drug-likeness (QED) is 0.595. The van der Waals surface area contributed by atoms with Crippen molar-refractivity contribution in [3.63, 3.8) is 0 Å². The molecule has 0 bridgehead atoms. The molecule has 0 atom stereocenters. The highest BCUT2D eigenvalue weighted by atomic mass is 32.2. The maximum atomic E-state index is 13.1. The van der Waals surface area contributed by atoms with Crippen LogP contribution in [0.25, 0.3) is 0 Å². The first-order valence-electron chi connectivity index (χ1n) is 9.00. The smallest absolute Gasteiger partial charge is 0.340 e. The maximum Gasteiger partial charge on any atom is 0.340 e. The minimum Gasteiger partial charge on any atom is -0.497 e. The van der Waals surface area contributed by atoms with Crippen LogP contribution in [-0.4, -0.2) is 47.8 Å². The normalized spacial score (nSPS) is 10.8. The van der Waals surface area contributed by atoms with Gasteiger partial charge >= 0.3 is 11.9 Å². The van der Waals surface area contributed by atoms with Crippen molar-refractivity contribution in [1.82, 2.24) is 0 Å². The van der Waals surface area contributed by atoms with Crippen molar-refractivity contribution in [2.45, 2.75) is 18.7 Å². The fourth-order valence-electron chi connectivity index (χ4n) is 2.55. The molecule has 0 radical (unpaired) electrons. The number of nitrogens with one attached hydrogen (secondary N) is 1. The van der Waals surface area contributed by atoms with Gasteiger partial charge in [-0.25, -0.2) is 18.0 Å². The summed E-state index contributed by atoms with van der Waals surface area (Å²) in [7, 11) is -1.51. The van der Waals surface area contributed by atoms with Crippen LogP contribution in [0.5, 0.6) is 11.5 Å². The van der Waals surface area contributed by atoms with Crippen molar-refractivity contribution >= 4 is 27.6 Å². The van der Waals surface area contributed by atoms with E-state index >= 15 is 0 Å². The summed E-state index contributed by atoms with van der Waals surface area (Å²) >= 11 is 0. The Labute approximate surface area is 174 Å². The van der Waals surface area contributed by atoms with E-state index in [9.17, 15) is 18.0 Å². The molecule has 162 valence electrons. The van der Waals surface area contributed by atoms with Gasteiger partial charge in [0.2, 0.25) is 0 Å². The summed E-state index contributed by atoms with van der Waals surface area (Å²) in [4.78, 5) is 24.2. The maximum absolute atomic E-state index is 13.1. The lowest BCUT2D eigenvalue weighted by Crippen LogP contribution is -2.18. The minimum absolute atomic E-state index is 0.0599. The fraction of sp³-hybridized carbons (Fsp3) is 0.300. The molecule has 0 aliphatic carbocycles. The number of carbonyl (C=O) groups is 2. The van der Waals surface area contributed by atoms with E-state index in [0.717, 1.165) is 0 Å². The summed E-state index contributed by atoms with van der Waals surface area (Å²) in [5.41, 5.74) is -0.126. The van der Waals surface area contributed by atoms with Crippen LogP contribution >= 0.6 is 0 Å². The summed E-state index contributed by atoms with van der Waals surface area (Å²) in [5.74, 6) is -1.04. The average Bonchev–Trinajstić information content (AvgIpc) is 2.73. The molecule has 2 aromatic carbocycles. The molecule has 0 amide bonds. The van der Waals surface area contributed by atoms with E-state index in [0.29, 0.717) is 5.75 Å². The number of hydrogen-bond acceptors (Lipinski definition) is 8. The van der Waals surface area contributed by atoms with Gasteiger partial charge in [-0.1, -0.05) is 0 Å². The van der Waals surface area contributed by atoms with E-state index in [1.165, 1.54) is 44.6 Å². The highest BCUT2D eigenvalue weighted by Crippen LogP contribution is 2.31. The van der Waals surface area contributed by atoms with Crippen molar-refractivity contribution in [1.29, 1.82) is 0 Å².